The van der Waals surface area contributed by atoms with Crippen molar-refractivity contribution in [3.05, 3.63) is 0 Å². The fraction of sp³-hybridized carbons (Fsp3) is 1.00. The zero-order valence-electron chi connectivity index (χ0n) is 11.4. The van der Waals surface area contributed by atoms with Crippen LogP contribution in [0.4, 0.5) is 0 Å². The van der Waals surface area contributed by atoms with Gasteiger partial charge in [0.15, 0.2) is 0 Å². The van der Waals surface area contributed by atoms with Crippen LogP contribution in [-0.2, 0) is 0 Å². The maximum atomic E-state index is 1.70. The summed E-state index contributed by atoms with van der Waals surface area (Å²) in [6.07, 6.45) is 6.68. The number of hydrogen-bond acceptors (Lipinski definition) is 0. The summed E-state index contributed by atoms with van der Waals surface area (Å²) < 4.78 is 0. The summed E-state index contributed by atoms with van der Waals surface area (Å²) in [6.45, 7) is 0. The third kappa shape index (κ3) is 0.452. The van der Waals surface area contributed by atoms with Crippen molar-refractivity contribution in [2.24, 2.45) is 88.3 Å². The molecule has 0 heteroatoms. The molecule has 12 unspecified atom stereocenters. The van der Waals surface area contributed by atoms with E-state index < -0.39 is 0 Å². The summed E-state index contributed by atoms with van der Waals surface area (Å²) in [5.41, 5.74) is 1.06. The predicted molar refractivity (Wildman–Crippen MR) is 69.8 cm³/mol. The Morgan fingerprint density at radius 1 is 0.579 bits per heavy atom. The molecule has 0 aromatic heterocycles. The highest BCUT2D eigenvalue weighted by molar-refractivity contribution is 5.43. The molecule has 0 radical (unpaired) electrons. The van der Waals surface area contributed by atoms with Crippen molar-refractivity contribution in [3.8, 4) is 0 Å². The molecule has 0 heterocycles. The van der Waals surface area contributed by atoms with Gasteiger partial charge in [-0.1, -0.05) is 0 Å². The lowest BCUT2D eigenvalue weighted by Crippen LogP contribution is -2.85. The molecule has 0 saturated heterocycles. The second-order valence-electron chi connectivity index (χ2n) is 10.4. The van der Waals surface area contributed by atoms with E-state index in [0.717, 1.165) is 5.41 Å². The standard InChI is InChI=1S/C19H22/c1-2-7-6(1)10-11(7)15-14(10)16-12-8-3-5-4-9-13(17(15)16)18(12)19(5,8)9/h5-18H,1-4H2. The van der Waals surface area contributed by atoms with Gasteiger partial charge in [0.1, 0.15) is 0 Å². The average Bonchev–Trinajstić information content (AvgIpc) is 2.47. The van der Waals surface area contributed by atoms with Crippen LogP contribution in [0.3, 0.4) is 0 Å². The van der Waals surface area contributed by atoms with E-state index in [1.165, 1.54) is 82.9 Å². The normalized spacial score (nSPS) is 94.7. The summed E-state index contributed by atoms with van der Waals surface area (Å²) in [4.78, 5) is 0. The first kappa shape index (κ1) is 8.44. The predicted octanol–water partition coefficient (Wildman–Crippen LogP) is 3.28. The Hall–Kier alpha value is 0. The summed E-state index contributed by atoms with van der Waals surface area (Å²) in [5, 5.41) is 0. The van der Waals surface area contributed by atoms with Gasteiger partial charge in [0.2, 0.25) is 0 Å². The molecule has 0 nitrogen and oxygen atoms in total. The van der Waals surface area contributed by atoms with Gasteiger partial charge >= 0.3 is 0 Å². The van der Waals surface area contributed by atoms with Crippen molar-refractivity contribution in [1.29, 1.82) is 0 Å². The van der Waals surface area contributed by atoms with Gasteiger partial charge in [-0.2, -0.15) is 0 Å². The van der Waals surface area contributed by atoms with Crippen LogP contribution < -0.4 is 0 Å². The van der Waals surface area contributed by atoms with Crippen molar-refractivity contribution < 1.29 is 0 Å². The molecule has 9 aliphatic rings. The zero-order chi connectivity index (χ0) is 11.4. The highest BCUT2D eigenvalue weighted by atomic mass is 15.0. The molecule has 19 heavy (non-hydrogen) atoms. The monoisotopic (exact) mass is 250 g/mol. The molecule has 12 atom stereocenters. The highest BCUT2D eigenvalue weighted by Crippen LogP contribution is 3.00. The van der Waals surface area contributed by atoms with Crippen molar-refractivity contribution in [3.63, 3.8) is 0 Å². The summed E-state index contributed by atoms with van der Waals surface area (Å²) >= 11 is 0. The summed E-state index contributed by atoms with van der Waals surface area (Å²) in [6, 6.07) is 0. The van der Waals surface area contributed by atoms with Gasteiger partial charge in [0.05, 0.1) is 0 Å². The van der Waals surface area contributed by atoms with Crippen LogP contribution in [0.25, 0.3) is 0 Å². The fourth-order valence-electron chi connectivity index (χ4n) is 11.8. The van der Waals surface area contributed by atoms with Gasteiger partial charge in [-0.3, -0.25) is 0 Å². The number of fused-ring (bicyclic) bond motifs is 14. The lowest BCUT2D eigenvalue weighted by molar-refractivity contribution is -0.424. The second kappa shape index (κ2) is 1.92. The molecule has 0 amide bonds. The van der Waals surface area contributed by atoms with Crippen LogP contribution in [0.1, 0.15) is 25.7 Å². The summed E-state index contributed by atoms with van der Waals surface area (Å²) in [5.74, 6) is 18.2. The van der Waals surface area contributed by atoms with Crippen LogP contribution in [-0.4, -0.2) is 0 Å². The Morgan fingerprint density at radius 3 is 1.58 bits per heavy atom. The first-order valence-corrected chi connectivity index (χ1v) is 9.44. The molecule has 98 valence electrons. The van der Waals surface area contributed by atoms with E-state index in [1.54, 1.807) is 25.7 Å². The maximum Gasteiger partial charge on any atom is -0.0172 e. The third-order valence-electron chi connectivity index (χ3n) is 11.8. The van der Waals surface area contributed by atoms with E-state index in [2.05, 4.69) is 0 Å². The van der Waals surface area contributed by atoms with E-state index in [4.69, 9.17) is 0 Å². The lowest BCUT2D eigenvalue weighted by atomic mass is 9.15. The molecule has 0 aromatic carbocycles. The van der Waals surface area contributed by atoms with Gasteiger partial charge in [-0.15, -0.1) is 0 Å². The molecule has 9 aliphatic carbocycles. The van der Waals surface area contributed by atoms with Crippen molar-refractivity contribution in [1.82, 2.24) is 0 Å². The Labute approximate surface area is 114 Å². The van der Waals surface area contributed by atoms with E-state index in [0.29, 0.717) is 0 Å². The van der Waals surface area contributed by atoms with Gasteiger partial charge in [-0.25, -0.2) is 0 Å². The lowest BCUT2D eigenvalue weighted by Gasteiger charge is -2.89. The van der Waals surface area contributed by atoms with E-state index in [1.807, 2.05) is 0 Å². The van der Waals surface area contributed by atoms with Crippen LogP contribution in [0.5, 0.6) is 0 Å². The molecule has 9 rings (SSSR count). The molecule has 1 spiro atoms. The van der Waals surface area contributed by atoms with Crippen LogP contribution in [0.15, 0.2) is 0 Å². The van der Waals surface area contributed by atoms with Crippen molar-refractivity contribution in [2.45, 2.75) is 25.7 Å². The largest absolute Gasteiger partial charge is 0.0496 e. The maximum absolute atomic E-state index is 1.70. The molecular formula is C19H22. The third-order valence-corrected chi connectivity index (χ3v) is 11.8. The summed E-state index contributed by atoms with van der Waals surface area (Å²) in [7, 11) is 0. The van der Waals surface area contributed by atoms with Gasteiger partial charge < -0.3 is 0 Å². The molecule has 0 N–H and O–H groups in total. The average molecular weight is 250 g/mol. The molecule has 0 bridgehead atoms. The zero-order valence-corrected chi connectivity index (χ0v) is 11.4. The van der Waals surface area contributed by atoms with Crippen molar-refractivity contribution >= 4 is 0 Å². The van der Waals surface area contributed by atoms with Crippen LogP contribution in [0, 0.1) is 88.3 Å². The highest BCUT2D eigenvalue weighted by Gasteiger charge is 2.96. The molecule has 9 saturated carbocycles. The Morgan fingerprint density at radius 2 is 1.11 bits per heavy atom. The first-order valence-electron chi connectivity index (χ1n) is 9.44. The van der Waals surface area contributed by atoms with Crippen LogP contribution in [0.2, 0.25) is 0 Å². The number of rotatable bonds is 0. The van der Waals surface area contributed by atoms with Gasteiger partial charge in [0.25, 0.3) is 0 Å². The minimum absolute atomic E-state index is 1.06. The van der Waals surface area contributed by atoms with E-state index >= 15 is 0 Å². The number of hydrogen-bond donors (Lipinski definition) is 0. The minimum Gasteiger partial charge on any atom is -0.0496 e. The Bertz CT molecular complexity index is 545. The van der Waals surface area contributed by atoms with E-state index in [9.17, 15) is 0 Å². The van der Waals surface area contributed by atoms with Gasteiger partial charge in [-0.05, 0) is 114 Å². The second-order valence-corrected chi connectivity index (χ2v) is 10.4. The minimum atomic E-state index is 1.06. The molecule has 0 aliphatic heterocycles. The Balaban J connectivity index is 1.21. The van der Waals surface area contributed by atoms with Gasteiger partial charge in [0, 0.05) is 0 Å². The van der Waals surface area contributed by atoms with Crippen LogP contribution >= 0.6 is 0 Å². The SMILES string of the molecule is C1CC2C1C1C2C2C1C1C2C2C3CC4CC5C1C2C453. The Kier molecular flexibility index (Phi) is 0.855. The molecule has 9 fully saturated rings. The van der Waals surface area contributed by atoms with Crippen molar-refractivity contribution in [2.75, 3.05) is 0 Å². The topological polar surface area (TPSA) is 0 Å². The molecule has 0 aromatic rings. The fourth-order valence-corrected chi connectivity index (χ4v) is 11.8. The quantitative estimate of drug-likeness (QED) is 0.579. The molecular weight excluding hydrogens is 228 g/mol. The first-order chi connectivity index (χ1) is 9.44. The van der Waals surface area contributed by atoms with E-state index in [-0.39, 0.29) is 0 Å². The smallest absolute Gasteiger partial charge is 0.0172 e.